The van der Waals surface area contributed by atoms with Crippen molar-refractivity contribution in [3.05, 3.63) is 24.3 Å². The first kappa shape index (κ1) is 11.4. The third-order valence-electron chi connectivity index (χ3n) is 1.97. The Hall–Kier alpha value is -1.07. The van der Waals surface area contributed by atoms with Crippen LogP contribution in [0, 0.1) is 0 Å². The number of aromatic nitrogens is 1. The first-order chi connectivity index (χ1) is 7.79. The van der Waals surface area contributed by atoms with Crippen LogP contribution in [-0.4, -0.2) is 16.8 Å². The Kier molecular flexibility index (Phi) is 3.79. The van der Waals surface area contributed by atoms with E-state index < -0.39 is 0 Å². The molecular weight excluding hydrogens is 240 g/mol. The highest BCUT2D eigenvalue weighted by Gasteiger charge is 2.08. The van der Waals surface area contributed by atoms with Crippen LogP contribution in [0.5, 0.6) is 0 Å². The average Bonchev–Trinajstić information content (AvgIpc) is 2.68. The summed E-state index contributed by atoms with van der Waals surface area (Å²) in [7, 11) is 0. The van der Waals surface area contributed by atoms with Crippen molar-refractivity contribution in [3.8, 4) is 0 Å². The molecule has 1 aromatic heterocycles. The second kappa shape index (κ2) is 5.32. The van der Waals surface area contributed by atoms with Crippen molar-refractivity contribution in [1.29, 1.82) is 0 Å². The number of thioether (sulfide) groups is 1. The van der Waals surface area contributed by atoms with Crippen molar-refractivity contribution in [2.45, 2.75) is 17.7 Å². The van der Waals surface area contributed by atoms with Crippen molar-refractivity contribution in [1.82, 2.24) is 10.3 Å². The van der Waals surface area contributed by atoms with E-state index >= 15 is 0 Å². The Bertz CT molecular complexity index is 462. The number of nitrogens with zero attached hydrogens (tertiary/aromatic N) is 1. The number of benzene rings is 1. The molecule has 0 atom stereocenters. The normalized spacial score (nSPS) is 10.6. The molecule has 1 aromatic carbocycles. The van der Waals surface area contributed by atoms with Crippen molar-refractivity contribution in [2.75, 3.05) is 6.54 Å². The van der Waals surface area contributed by atoms with Gasteiger partial charge < -0.3 is 5.32 Å². The fraction of sp³-hybridized carbons (Fsp3) is 0.273. The molecule has 0 spiro atoms. The molecule has 0 unspecified atom stereocenters. The van der Waals surface area contributed by atoms with Crippen molar-refractivity contribution < 1.29 is 4.79 Å². The molecule has 0 aliphatic rings. The van der Waals surface area contributed by atoms with Crippen LogP contribution in [0.15, 0.2) is 28.6 Å². The molecule has 0 aliphatic carbocycles. The van der Waals surface area contributed by atoms with E-state index in [1.807, 2.05) is 31.2 Å². The molecule has 0 fully saturated rings. The maximum Gasteiger partial charge on any atom is 0.286 e. The van der Waals surface area contributed by atoms with E-state index in [1.165, 1.54) is 11.8 Å². The van der Waals surface area contributed by atoms with Crippen LogP contribution in [-0.2, 0) is 0 Å². The van der Waals surface area contributed by atoms with Gasteiger partial charge in [0.2, 0.25) is 0 Å². The monoisotopic (exact) mass is 252 g/mol. The van der Waals surface area contributed by atoms with Crippen LogP contribution in [0.2, 0.25) is 0 Å². The van der Waals surface area contributed by atoms with Gasteiger partial charge >= 0.3 is 0 Å². The Morgan fingerprint density at radius 1 is 1.50 bits per heavy atom. The zero-order valence-electron chi connectivity index (χ0n) is 8.90. The summed E-state index contributed by atoms with van der Waals surface area (Å²) in [6.45, 7) is 2.75. The van der Waals surface area contributed by atoms with Crippen LogP contribution in [0.25, 0.3) is 10.2 Å². The largest absolute Gasteiger partial charge is 0.347 e. The molecule has 1 N–H and O–H groups in total. The molecule has 5 heteroatoms. The van der Waals surface area contributed by atoms with E-state index in [4.69, 9.17) is 0 Å². The summed E-state index contributed by atoms with van der Waals surface area (Å²) in [5.74, 6) is 0. The fourth-order valence-electron chi connectivity index (χ4n) is 1.24. The molecule has 16 heavy (non-hydrogen) atoms. The summed E-state index contributed by atoms with van der Waals surface area (Å²) < 4.78 is 1.92. The van der Waals surface area contributed by atoms with Gasteiger partial charge in [-0.3, -0.25) is 4.79 Å². The highest BCUT2D eigenvalue weighted by molar-refractivity contribution is 8.14. The summed E-state index contributed by atoms with van der Waals surface area (Å²) in [4.78, 5) is 15.8. The van der Waals surface area contributed by atoms with Crippen molar-refractivity contribution >= 4 is 38.6 Å². The third kappa shape index (κ3) is 2.74. The predicted molar refractivity (Wildman–Crippen MR) is 69.2 cm³/mol. The topological polar surface area (TPSA) is 42.0 Å². The highest BCUT2D eigenvalue weighted by Crippen LogP contribution is 2.29. The molecule has 3 nitrogen and oxygen atoms in total. The smallest absolute Gasteiger partial charge is 0.286 e. The summed E-state index contributed by atoms with van der Waals surface area (Å²) >= 11 is 2.72. The lowest BCUT2D eigenvalue weighted by Crippen LogP contribution is -2.18. The lowest BCUT2D eigenvalue weighted by Gasteiger charge is -1.98. The number of thiazole rings is 1. The number of nitrogens with one attached hydrogen (secondary N) is 1. The van der Waals surface area contributed by atoms with E-state index in [1.54, 1.807) is 11.3 Å². The van der Waals surface area contributed by atoms with Crippen molar-refractivity contribution in [3.63, 3.8) is 0 Å². The summed E-state index contributed by atoms with van der Waals surface area (Å²) in [6, 6.07) is 7.90. The minimum absolute atomic E-state index is 0.0269. The second-order valence-electron chi connectivity index (χ2n) is 3.26. The van der Waals surface area contributed by atoms with E-state index in [9.17, 15) is 4.79 Å². The van der Waals surface area contributed by atoms with Gasteiger partial charge in [-0.25, -0.2) is 4.98 Å². The van der Waals surface area contributed by atoms with Gasteiger partial charge in [-0.15, -0.1) is 11.3 Å². The van der Waals surface area contributed by atoms with Crippen molar-refractivity contribution in [2.24, 2.45) is 0 Å². The Morgan fingerprint density at radius 2 is 2.31 bits per heavy atom. The predicted octanol–water partition coefficient (Wildman–Crippen LogP) is 3.51. The van der Waals surface area contributed by atoms with E-state index in [2.05, 4.69) is 10.3 Å². The first-order valence-electron chi connectivity index (χ1n) is 5.11. The van der Waals surface area contributed by atoms with Gasteiger partial charge in [-0.2, -0.15) is 0 Å². The molecule has 0 saturated carbocycles. The van der Waals surface area contributed by atoms with Gasteiger partial charge in [0, 0.05) is 18.3 Å². The van der Waals surface area contributed by atoms with Gasteiger partial charge in [-0.1, -0.05) is 19.1 Å². The van der Waals surface area contributed by atoms with Gasteiger partial charge in [0.1, 0.15) is 0 Å². The number of carbonyl (C=O) groups excluding carboxylic acids is 1. The molecular formula is C11H12N2OS2. The lowest BCUT2D eigenvalue weighted by molar-refractivity contribution is 0.260. The average molecular weight is 252 g/mol. The molecule has 2 rings (SSSR count). The van der Waals surface area contributed by atoms with Crippen LogP contribution in [0.1, 0.15) is 13.3 Å². The van der Waals surface area contributed by atoms with E-state index in [-0.39, 0.29) is 5.24 Å². The molecule has 2 aromatic rings. The first-order valence-corrected chi connectivity index (χ1v) is 6.74. The number of fused-ring (bicyclic) bond motifs is 1. The maximum absolute atomic E-state index is 11.5. The molecule has 1 heterocycles. The Balaban J connectivity index is 2.07. The standard InChI is InChI=1S/C11H12N2OS2/c1-2-7-12-10(14)16-11-13-8-5-3-4-6-9(8)15-11/h3-6H,2,7H2,1H3,(H,12,14). The minimum atomic E-state index is -0.0269. The van der Waals surface area contributed by atoms with Crippen LogP contribution >= 0.6 is 23.1 Å². The number of rotatable bonds is 3. The van der Waals surface area contributed by atoms with Gasteiger partial charge in [-0.05, 0) is 18.6 Å². The van der Waals surface area contributed by atoms with Gasteiger partial charge in [0.15, 0.2) is 4.34 Å². The number of amides is 1. The zero-order chi connectivity index (χ0) is 11.4. The molecule has 1 amide bonds. The summed E-state index contributed by atoms with van der Waals surface area (Å²) in [5, 5.41) is 2.79. The minimum Gasteiger partial charge on any atom is -0.347 e. The van der Waals surface area contributed by atoms with Crippen LogP contribution in [0.4, 0.5) is 4.79 Å². The summed E-state index contributed by atoms with van der Waals surface area (Å²) in [5.41, 5.74) is 0.957. The Morgan fingerprint density at radius 3 is 3.06 bits per heavy atom. The third-order valence-corrected chi connectivity index (χ3v) is 3.90. The quantitative estimate of drug-likeness (QED) is 0.850. The SMILES string of the molecule is CCCNC(=O)Sc1nc2ccccc2s1. The molecule has 0 radical (unpaired) electrons. The van der Waals surface area contributed by atoms with Gasteiger partial charge in [0.05, 0.1) is 10.2 Å². The summed E-state index contributed by atoms with van der Waals surface area (Å²) in [6.07, 6.45) is 0.951. The Labute approximate surface area is 102 Å². The molecule has 0 aliphatic heterocycles. The fourth-order valence-corrected chi connectivity index (χ4v) is 3.07. The van der Waals surface area contributed by atoms with Crippen LogP contribution < -0.4 is 5.32 Å². The molecule has 0 saturated heterocycles. The number of hydrogen-bond donors (Lipinski definition) is 1. The second-order valence-corrected chi connectivity index (χ2v) is 5.51. The molecule has 0 bridgehead atoms. The zero-order valence-corrected chi connectivity index (χ0v) is 10.5. The molecule has 84 valence electrons. The lowest BCUT2D eigenvalue weighted by atomic mass is 10.3. The number of hydrogen-bond acceptors (Lipinski definition) is 4. The van der Waals surface area contributed by atoms with Gasteiger partial charge in [0.25, 0.3) is 5.24 Å². The van der Waals surface area contributed by atoms with Crippen LogP contribution in [0.3, 0.4) is 0 Å². The number of para-hydroxylation sites is 1. The van der Waals surface area contributed by atoms with E-state index in [0.29, 0.717) is 0 Å². The highest BCUT2D eigenvalue weighted by atomic mass is 32.2. The van der Waals surface area contributed by atoms with E-state index in [0.717, 1.165) is 27.5 Å². The number of carbonyl (C=O) groups is 1. The maximum atomic E-state index is 11.5.